The van der Waals surface area contributed by atoms with E-state index in [0.29, 0.717) is 6.61 Å². The number of carbonyl (C=O) groups is 1. The average Bonchev–Trinajstić information content (AvgIpc) is 3.01. The molecule has 2 saturated heterocycles. The van der Waals surface area contributed by atoms with Gasteiger partial charge in [-0.05, 0) is 37.0 Å². The summed E-state index contributed by atoms with van der Waals surface area (Å²) in [7, 11) is -1.50. The number of aliphatic carboxylic acids is 1. The molecule has 8 nitrogen and oxygen atoms in total. The first kappa shape index (κ1) is 25.4. The van der Waals surface area contributed by atoms with E-state index in [2.05, 4.69) is 21.8 Å². The molecule has 1 spiro atoms. The number of likely N-dealkylation sites (tertiary alicyclic amines) is 1. The maximum Gasteiger partial charge on any atom is 0.490 e. The Morgan fingerprint density at radius 2 is 2.10 bits per heavy atom. The molecule has 0 bridgehead atoms. The van der Waals surface area contributed by atoms with Crippen molar-refractivity contribution in [2.75, 3.05) is 33.1 Å². The van der Waals surface area contributed by atoms with Gasteiger partial charge in [-0.25, -0.2) is 17.9 Å². The van der Waals surface area contributed by atoms with Crippen LogP contribution in [0.15, 0.2) is 24.3 Å². The van der Waals surface area contributed by atoms with E-state index in [0.717, 1.165) is 44.6 Å². The highest BCUT2D eigenvalue weighted by Crippen LogP contribution is 2.35. The van der Waals surface area contributed by atoms with Crippen LogP contribution in [-0.2, 0) is 26.1 Å². The van der Waals surface area contributed by atoms with Crippen molar-refractivity contribution in [3.63, 3.8) is 0 Å². The van der Waals surface area contributed by atoms with E-state index in [9.17, 15) is 21.6 Å². The summed E-state index contributed by atoms with van der Waals surface area (Å²) in [5.74, 6) is -1.89. The zero-order valence-electron chi connectivity index (χ0n) is 17.3. The predicted molar refractivity (Wildman–Crippen MR) is 106 cm³/mol. The molecule has 1 aromatic rings. The summed E-state index contributed by atoms with van der Waals surface area (Å²) in [5, 5.41) is 7.12. The van der Waals surface area contributed by atoms with Crippen molar-refractivity contribution in [3.8, 4) is 5.75 Å². The molecule has 0 unspecified atom stereocenters. The number of sulfonamides is 1. The Hall–Kier alpha value is -1.89. The van der Waals surface area contributed by atoms with Crippen LogP contribution >= 0.6 is 0 Å². The number of rotatable bonds is 5. The standard InChI is InChI=1S/C17H26N2O4S.C2HF3O2/c1-22-16-5-3-4-14(10-16)12-19-8-7-17(13-19)11-15(6-9-23-17)18-24(2,20)21;3-2(4,5)1(6)7/h3-5,10,15,18H,6-9,11-13H2,1-2H3;(H,6,7)/t15-,17+;/m0./s1. The summed E-state index contributed by atoms with van der Waals surface area (Å²) in [6, 6.07) is 8.08. The lowest BCUT2D eigenvalue weighted by Gasteiger charge is -2.38. The predicted octanol–water partition coefficient (Wildman–Crippen LogP) is 2.00. The molecule has 2 fully saturated rings. The van der Waals surface area contributed by atoms with Crippen molar-refractivity contribution in [2.24, 2.45) is 0 Å². The monoisotopic (exact) mass is 468 g/mol. The first-order valence-electron chi connectivity index (χ1n) is 9.58. The molecule has 0 amide bonds. The smallest absolute Gasteiger partial charge is 0.490 e. The average molecular weight is 468 g/mol. The molecule has 0 saturated carbocycles. The van der Waals surface area contributed by atoms with Crippen molar-refractivity contribution in [3.05, 3.63) is 29.8 Å². The maximum atomic E-state index is 11.5. The Morgan fingerprint density at radius 3 is 2.68 bits per heavy atom. The lowest BCUT2D eigenvalue weighted by atomic mass is 9.90. The molecule has 2 heterocycles. The molecule has 2 atom stereocenters. The highest BCUT2D eigenvalue weighted by atomic mass is 32.2. The zero-order chi connectivity index (χ0) is 23.3. The van der Waals surface area contributed by atoms with Crippen molar-refractivity contribution >= 4 is 16.0 Å². The van der Waals surface area contributed by atoms with Crippen molar-refractivity contribution < 1.29 is 41.0 Å². The van der Waals surface area contributed by atoms with E-state index in [1.54, 1.807) is 7.11 Å². The molecule has 3 rings (SSSR count). The molecule has 0 aliphatic carbocycles. The molecular weight excluding hydrogens is 441 g/mol. The first-order valence-corrected chi connectivity index (χ1v) is 11.5. The SMILES string of the molecule is COc1cccc(CN2CC[C@@]3(C[C@@H](NS(C)(=O)=O)CCO3)C2)c1.O=C(O)C(F)(F)F. The molecule has 2 aliphatic heterocycles. The van der Waals surface area contributed by atoms with Gasteiger partial charge < -0.3 is 14.6 Å². The third-order valence-corrected chi connectivity index (χ3v) is 5.81. The van der Waals surface area contributed by atoms with Crippen LogP contribution in [0.1, 0.15) is 24.8 Å². The van der Waals surface area contributed by atoms with E-state index in [1.165, 1.54) is 11.8 Å². The van der Waals surface area contributed by atoms with Gasteiger partial charge in [0.05, 0.1) is 19.0 Å². The Bertz CT molecular complexity index is 864. The summed E-state index contributed by atoms with van der Waals surface area (Å²) in [4.78, 5) is 11.3. The third-order valence-electron chi connectivity index (χ3n) is 5.05. The minimum atomic E-state index is -5.08. The molecule has 176 valence electrons. The summed E-state index contributed by atoms with van der Waals surface area (Å²) in [5.41, 5.74) is 0.993. The number of ether oxygens (including phenoxy) is 2. The number of hydrogen-bond donors (Lipinski definition) is 2. The Labute approximate surface area is 179 Å². The zero-order valence-corrected chi connectivity index (χ0v) is 18.1. The molecule has 12 heteroatoms. The minimum Gasteiger partial charge on any atom is -0.497 e. The second kappa shape index (κ2) is 10.2. The summed E-state index contributed by atoms with van der Waals surface area (Å²) in [6.07, 6.45) is -1.43. The lowest BCUT2D eigenvalue weighted by molar-refractivity contribution is -0.192. The van der Waals surface area contributed by atoms with Crippen LogP contribution in [-0.4, -0.2) is 75.3 Å². The minimum absolute atomic E-state index is 0.0227. The van der Waals surface area contributed by atoms with Gasteiger partial charge in [0.2, 0.25) is 10.0 Å². The number of nitrogens with one attached hydrogen (secondary N) is 1. The van der Waals surface area contributed by atoms with Gasteiger partial charge in [0.15, 0.2) is 0 Å². The van der Waals surface area contributed by atoms with Gasteiger partial charge in [-0.2, -0.15) is 13.2 Å². The van der Waals surface area contributed by atoms with Gasteiger partial charge in [-0.3, -0.25) is 4.90 Å². The number of carboxylic acid groups (broad SMARTS) is 1. The Balaban J connectivity index is 0.000000423. The van der Waals surface area contributed by atoms with Crippen LogP contribution in [0.4, 0.5) is 13.2 Å². The second-order valence-corrected chi connectivity index (χ2v) is 9.51. The van der Waals surface area contributed by atoms with Gasteiger partial charge in [0.1, 0.15) is 5.75 Å². The van der Waals surface area contributed by atoms with E-state index >= 15 is 0 Å². The third kappa shape index (κ3) is 8.28. The number of benzene rings is 1. The van der Waals surface area contributed by atoms with Gasteiger partial charge in [-0.15, -0.1) is 0 Å². The second-order valence-electron chi connectivity index (χ2n) is 7.73. The fourth-order valence-electron chi connectivity index (χ4n) is 3.81. The van der Waals surface area contributed by atoms with E-state index in [4.69, 9.17) is 19.4 Å². The Morgan fingerprint density at radius 1 is 1.42 bits per heavy atom. The first-order chi connectivity index (χ1) is 14.3. The summed E-state index contributed by atoms with van der Waals surface area (Å²) in [6.45, 7) is 3.27. The fourth-order valence-corrected chi connectivity index (χ4v) is 4.61. The number of nitrogens with zero attached hydrogens (tertiary/aromatic N) is 1. The van der Waals surface area contributed by atoms with Crippen LogP contribution < -0.4 is 9.46 Å². The van der Waals surface area contributed by atoms with E-state index < -0.39 is 22.2 Å². The van der Waals surface area contributed by atoms with Crippen LogP contribution in [0.3, 0.4) is 0 Å². The number of alkyl halides is 3. The van der Waals surface area contributed by atoms with Crippen LogP contribution in [0.5, 0.6) is 5.75 Å². The van der Waals surface area contributed by atoms with Gasteiger partial charge in [0, 0.05) is 32.3 Å². The normalized spacial score (nSPS) is 24.5. The van der Waals surface area contributed by atoms with Crippen LogP contribution in [0.2, 0.25) is 0 Å². The van der Waals surface area contributed by atoms with Gasteiger partial charge in [-0.1, -0.05) is 12.1 Å². The van der Waals surface area contributed by atoms with E-state index in [1.807, 2.05) is 12.1 Å². The van der Waals surface area contributed by atoms with Gasteiger partial charge >= 0.3 is 12.1 Å². The van der Waals surface area contributed by atoms with Gasteiger partial charge in [0.25, 0.3) is 0 Å². The number of methoxy groups -OCH3 is 1. The molecule has 1 aromatic carbocycles. The number of hydrogen-bond acceptors (Lipinski definition) is 6. The van der Waals surface area contributed by atoms with Crippen LogP contribution in [0.25, 0.3) is 0 Å². The number of halogens is 3. The lowest BCUT2D eigenvalue weighted by Crippen LogP contribution is -2.49. The molecule has 2 N–H and O–H groups in total. The molecule has 0 radical (unpaired) electrons. The Kier molecular flexibility index (Phi) is 8.31. The van der Waals surface area contributed by atoms with Crippen molar-refractivity contribution in [2.45, 2.75) is 43.6 Å². The molecular formula is C19H27F3N2O6S. The highest BCUT2D eigenvalue weighted by Gasteiger charge is 2.43. The molecule has 2 aliphatic rings. The molecule has 31 heavy (non-hydrogen) atoms. The van der Waals surface area contributed by atoms with Crippen molar-refractivity contribution in [1.29, 1.82) is 0 Å². The summed E-state index contributed by atoms with van der Waals surface area (Å²) < 4.78 is 68.8. The number of carboxylic acids is 1. The summed E-state index contributed by atoms with van der Waals surface area (Å²) >= 11 is 0. The van der Waals surface area contributed by atoms with Crippen molar-refractivity contribution in [1.82, 2.24) is 9.62 Å². The van der Waals surface area contributed by atoms with E-state index in [-0.39, 0.29) is 11.6 Å². The fraction of sp³-hybridized carbons (Fsp3) is 0.632. The van der Waals surface area contributed by atoms with Crippen LogP contribution in [0, 0.1) is 0 Å². The molecule has 0 aromatic heterocycles. The highest BCUT2D eigenvalue weighted by molar-refractivity contribution is 7.88. The maximum absolute atomic E-state index is 11.5. The quantitative estimate of drug-likeness (QED) is 0.681. The largest absolute Gasteiger partial charge is 0.497 e. The topological polar surface area (TPSA) is 105 Å².